The van der Waals surface area contributed by atoms with Crippen LogP contribution >= 0.6 is 0 Å². The number of nitro groups is 1. The SMILES string of the molecule is CC(C)c1noc([C@@H](C)N2CCN(c3ccc(C(F)(F)F)cc3[N+](=O)[O-])CC2)n1. The van der Waals surface area contributed by atoms with Crippen LogP contribution in [-0.2, 0) is 6.18 Å². The van der Waals surface area contributed by atoms with Crippen molar-refractivity contribution in [2.45, 2.75) is 38.9 Å². The number of benzene rings is 1. The summed E-state index contributed by atoms with van der Waals surface area (Å²) in [6, 6.07) is 2.52. The average Bonchev–Trinajstić information content (AvgIpc) is 3.17. The molecule has 8 nitrogen and oxygen atoms in total. The van der Waals surface area contributed by atoms with E-state index in [1.165, 1.54) is 6.07 Å². The lowest BCUT2D eigenvalue weighted by molar-refractivity contribution is -0.384. The van der Waals surface area contributed by atoms with E-state index in [0.29, 0.717) is 44.0 Å². The van der Waals surface area contributed by atoms with Crippen LogP contribution in [0.1, 0.15) is 50.0 Å². The van der Waals surface area contributed by atoms with Crippen molar-refractivity contribution in [3.05, 3.63) is 45.6 Å². The maximum absolute atomic E-state index is 12.9. The lowest BCUT2D eigenvalue weighted by Crippen LogP contribution is -2.47. The highest BCUT2D eigenvalue weighted by Crippen LogP contribution is 2.37. The van der Waals surface area contributed by atoms with Crippen LogP contribution in [-0.4, -0.2) is 46.1 Å². The molecule has 0 saturated carbocycles. The molecule has 0 bridgehead atoms. The Bertz CT molecular complexity index is 876. The van der Waals surface area contributed by atoms with E-state index in [4.69, 9.17) is 4.52 Å². The number of hydrogen-bond donors (Lipinski definition) is 0. The van der Waals surface area contributed by atoms with Crippen molar-refractivity contribution in [1.82, 2.24) is 15.0 Å². The van der Waals surface area contributed by atoms with Gasteiger partial charge in [0, 0.05) is 38.2 Å². The Kier molecular flexibility index (Phi) is 5.78. The molecule has 1 aliphatic rings. The van der Waals surface area contributed by atoms with Crippen LogP contribution in [0.5, 0.6) is 0 Å². The molecule has 0 spiro atoms. The number of hydrogen-bond acceptors (Lipinski definition) is 7. The highest BCUT2D eigenvalue weighted by molar-refractivity contribution is 5.65. The Balaban J connectivity index is 1.72. The van der Waals surface area contributed by atoms with Crippen LogP contribution in [0.25, 0.3) is 0 Å². The van der Waals surface area contributed by atoms with Crippen LogP contribution in [0.2, 0.25) is 0 Å². The second-order valence-corrected chi connectivity index (χ2v) is 7.30. The number of anilines is 1. The molecule has 1 aromatic carbocycles. The molecule has 1 aromatic heterocycles. The number of alkyl halides is 3. The van der Waals surface area contributed by atoms with Crippen LogP contribution in [0.15, 0.2) is 22.7 Å². The third-order valence-electron chi connectivity index (χ3n) is 5.03. The minimum Gasteiger partial charge on any atom is -0.363 e. The summed E-state index contributed by atoms with van der Waals surface area (Å²) in [5, 5.41) is 15.3. The molecule has 1 aliphatic heterocycles. The molecule has 0 unspecified atom stereocenters. The Morgan fingerprint density at radius 2 is 1.83 bits per heavy atom. The zero-order valence-electron chi connectivity index (χ0n) is 16.3. The quantitative estimate of drug-likeness (QED) is 0.541. The van der Waals surface area contributed by atoms with E-state index in [1.807, 2.05) is 20.8 Å². The summed E-state index contributed by atoms with van der Waals surface area (Å²) in [5.74, 6) is 1.28. The molecule has 1 atom stereocenters. The van der Waals surface area contributed by atoms with Crippen molar-refractivity contribution in [2.24, 2.45) is 0 Å². The largest absolute Gasteiger partial charge is 0.416 e. The van der Waals surface area contributed by atoms with Gasteiger partial charge in [0.1, 0.15) is 5.69 Å². The van der Waals surface area contributed by atoms with Crippen LogP contribution in [0.3, 0.4) is 0 Å². The average molecular weight is 413 g/mol. The van der Waals surface area contributed by atoms with E-state index in [-0.39, 0.29) is 17.6 Å². The Morgan fingerprint density at radius 1 is 1.17 bits per heavy atom. The predicted molar refractivity (Wildman–Crippen MR) is 98.7 cm³/mol. The number of piperazine rings is 1. The fraction of sp³-hybridized carbons (Fsp3) is 0.556. The van der Waals surface area contributed by atoms with Crippen LogP contribution < -0.4 is 4.90 Å². The normalized spacial score (nSPS) is 17.0. The summed E-state index contributed by atoms with van der Waals surface area (Å²) in [6.07, 6.45) is -4.63. The number of rotatable bonds is 5. The minimum absolute atomic E-state index is 0.125. The highest BCUT2D eigenvalue weighted by Gasteiger charge is 2.34. The first-order valence-corrected chi connectivity index (χ1v) is 9.26. The van der Waals surface area contributed by atoms with Gasteiger partial charge < -0.3 is 9.42 Å². The smallest absolute Gasteiger partial charge is 0.363 e. The molecule has 11 heteroatoms. The van der Waals surface area contributed by atoms with Gasteiger partial charge in [-0.15, -0.1) is 0 Å². The lowest BCUT2D eigenvalue weighted by atomic mass is 10.1. The molecule has 2 aromatic rings. The number of halogens is 3. The first-order valence-electron chi connectivity index (χ1n) is 9.26. The van der Waals surface area contributed by atoms with E-state index in [2.05, 4.69) is 15.0 Å². The minimum atomic E-state index is -4.63. The zero-order chi connectivity index (χ0) is 21.3. The second-order valence-electron chi connectivity index (χ2n) is 7.30. The molecule has 0 N–H and O–H groups in total. The molecule has 3 rings (SSSR count). The van der Waals surface area contributed by atoms with Gasteiger partial charge in [-0.3, -0.25) is 15.0 Å². The molecule has 29 heavy (non-hydrogen) atoms. The highest BCUT2D eigenvalue weighted by atomic mass is 19.4. The monoisotopic (exact) mass is 413 g/mol. The molecular formula is C18H22F3N5O3. The van der Waals surface area contributed by atoms with Crippen molar-refractivity contribution in [1.29, 1.82) is 0 Å². The Labute approximate surface area is 165 Å². The fourth-order valence-corrected chi connectivity index (χ4v) is 3.27. The van der Waals surface area contributed by atoms with Crippen LogP contribution in [0.4, 0.5) is 24.5 Å². The van der Waals surface area contributed by atoms with Crippen molar-refractivity contribution in [2.75, 3.05) is 31.1 Å². The van der Waals surface area contributed by atoms with Gasteiger partial charge in [0.2, 0.25) is 5.89 Å². The van der Waals surface area contributed by atoms with Crippen molar-refractivity contribution in [3.8, 4) is 0 Å². The van der Waals surface area contributed by atoms with Gasteiger partial charge in [0.15, 0.2) is 5.82 Å². The standard InChI is InChI=1S/C18H22F3N5O3/c1-11(2)16-22-17(29-23-16)12(3)24-6-8-25(9-7-24)14-5-4-13(18(19,20)21)10-15(14)26(27)28/h4-5,10-12H,6-9H2,1-3H3/t12-/m1/s1. The molecule has 158 valence electrons. The van der Waals surface area contributed by atoms with E-state index in [0.717, 1.165) is 6.07 Å². The molecular weight excluding hydrogens is 391 g/mol. The molecule has 2 heterocycles. The molecule has 1 saturated heterocycles. The lowest BCUT2D eigenvalue weighted by Gasteiger charge is -2.37. The van der Waals surface area contributed by atoms with E-state index >= 15 is 0 Å². The van der Waals surface area contributed by atoms with Crippen molar-refractivity contribution >= 4 is 11.4 Å². The van der Waals surface area contributed by atoms with Gasteiger partial charge in [-0.2, -0.15) is 18.2 Å². The summed E-state index contributed by atoms with van der Waals surface area (Å²) in [6.45, 7) is 7.85. The summed E-state index contributed by atoms with van der Waals surface area (Å²) in [5.41, 5.74) is -1.38. The van der Waals surface area contributed by atoms with Gasteiger partial charge in [-0.05, 0) is 19.1 Å². The summed E-state index contributed by atoms with van der Waals surface area (Å²) in [4.78, 5) is 18.8. The number of aromatic nitrogens is 2. The third kappa shape index (κ3) is 4.50. The maximum atomic E-state index is 12.9. The fourth-order valence-electron chi connectivity index (χ4n) is 3.27. The Morgan fingerprint density at radius 3 is 2.34 bits per heavy atom. The summed E-state index contributed by atoms with van der Waals surface area (Å²) < 4.78 is 44.0. The predicted octanol–water partition coefficient (Wildman–Crippen LogP) is 4.00. The number of nitro benzene ring substituents is 1. The van der Waals surface area contributed by atoms with Crippen molar-refractivity contribution < 1.29 is 22.6 Å². The zero-order valence-corrected chi connectivity index (χ0v) is 16.3. The molecule has 0 radical (unpaired) electrons. The van der Waals surface area contributed by atoms with E-state index in [9.17, 15) is 23.3 Å². The topological polar surface area (TPSA) is 88.5 Å². The third-order valence-corrected chi connectivity index (χ3v) is 5.03. The van der Waals surface area contributed by atoms with Gasteiger partial charge in [-0.25, -0.2) is 0 Å². The van der Waals surface area contributed by atoms with Gasteiger partial charge >= 0.3 is 6.18 Å². The van der Waals surface area contributed by atoms with Gasteiger partial charge in [-0.1, -0.05) is 19.0 Å². The van der Waals surface area contributed by atoms with Gasteiger partial charge in [0.05, 0.1) is 16.5 Å². The van der Waals surface area contributed by atoms with E-state index in [1.54, 1.807) is 4.90 Å². The molecule has 0 amide bonds. The molecule has 1 fully saturated rings. The Hall–Kier alpha value is -2.69. The molecule has 0 aliphatic carbocycles. The first-order chi connectivity index (χ1) is 13.6. The summed E-state index contributed by atoms with van der Waals surface area (Å²) >= 11 is 0. The maximum Gasteiger partial charge on any atom is 0.416 e. The van der Waals surface area contributed by atoms with E-state index < -0.39 is 22.4 Å². The van der Waals surface area contributed by atoms with Crippen LogP contribution in [0, 0.1) is 10.1 Å². The first kappa shape index (κ1) is 21.0. The summed E-state index contributed by atoms with van der Waals surface area (Å²) in [7, 11) is 0. The number of nitrogens with zero attached hydrogens (tertiary/aromatic N) is 5. The van der Waals surface area contributed by atoms with Crippen molar-refractivity contribution in [3.63, 3.8) is 0 Å². The second kappa shape index (κ2) is 7.97. The van der Waals surface area contributed by atoms with Gasteiger partial charge in [0.25, 0.3) is 5.69 Å².